The van der Waals surface area contributed by atoms with Crippen LogP contribution in [0.4, 0.5) is 5.82 Å². The number of pyridine rings is 1. The van der Waals surface area contributed by atoms with Gasteiger partial charge in [-0.15, -0.1) is 11.8 Å². The van der Waals surface area contributed by atoms with Crippen LogP contribution in [0, 0.1) is 22.7 Å². The number of anilines is 1. The van der Waals surface area contributed by atoms with E-state index in [1.54, 1.807) is 18.4 Å². The zero-order valence-corrected chi connectivity index (χ0v) is 13.6. The molecule has 0 saturated carbocycles. The van der Waals surface area contributed by atoms with Gasteiger partial charge in [-0.25, -0.2) is 4.52 Å². The van der Waals surface area contributed by atoms with Crippen molar-refractivity contribution in [1.82, 2.24) is 9.61 Å². The Labute approximate surface area is 141 Å². The van der Waals surface area contributed by atoms with Crippen molar-refractivity contribution in [3.63, 3.8) is 0 Å². The average molecular weight is 340 g/mol. The summed E-state index contributed by atoms with van der Waals surface area (Å²) in [6.45, 7) is 0. The molecule has 0 spiro atoms. The molecule has 23 heavy (non-hydrogen) atoms. The number of fused-ring (bicyclic) bond motifs is 1. The summed E-state index contributed by atoms with van der Waals surface area (Å²) in [5.41, 5.74) is 8.62. The third-order valence-electron chi connectivity index (χ3n) is 3.48. The summed E-state index contributed by atoms with van der Waals surface area (Å²) >= 11 is 7.53. The fraction of sp³-hybridized carbons (Fsp3) is 0.0625. The summed E-state index contributed by atoms with van der Waals surface area (Å²) in [4.78, 5) is 0.561. The molecular formula is C16H10ClN5S. The van der Waals surface area contributed by atoms with Gasteiger partial charge in [0.1, 0.15) is 23.5 Å². The van der Waals surface area contributed by atoms with E-state index in [1.807, 2.05) is 18.2 Å². The molecule has 3 aromatic rings. The van der Waals surface area contributed by atoms with Crippen molar-refractivity contribution in [2.45, 2.75) is 4.90 Å². The lowest BCUT2D eigenvalue weighted by Gasteiger charge is -2.08. The molecule has 112 valence electrons. The molecular weight excluding hydrogens is 330 g/mol. The number of halogens is 1. The lowest BCUT2D eigenvalue weighted by Crippen LogP contribution is -2.05. The molecule has 0 saturated heterocycles. The van der Waals surface area contributed by atoms with Crippen LogP contribution in [0.2, 0.25) is 5.02 Å². The van der Waals surface area contributed by atoms with E-state index in [1.165, 1.54) is 16.3 Å². The van der Waals surface area contributed by atoms with Gasteiger partial charge >= 0.3 is 0 Å². The second-order valence-corrected chi connectivity index (χ2v) is 5.92. The number of nitrogens with zero attached hydrogens (tertiary/aromatic N) is 4. The van der Waals surface area contributed by atoms with E-state index in [2.05, 4.69) is 17.2 Å². The first-order valence-corrected chi connectivity index (χ1v) is 8.17. The predicted molar refractivity (Wildman–Crippen MR) is 91.3 cm³/mol. The minimum Gasteiger partial charge on any atom is -0.382 e. The van der Waals surface area contributed by atoms with Crippen molar-refractivity contribution in [2.75, 3.05) is 12.0 Å². The SMILES string of the molecule is CSc1c(C#N)c(N)n2nc(-c3ccccc3Cl)cc2c1C#N. The molecule has 0 bridgehead atoms. The Morgan fingerprint density at radius 3 is 2.52 bits per heavy atom. The van der Waals surface area contributed by atoms with Crippen LogP contribution < -0.4 is 5.73 Å². The highest BCUT2D eigenvalue weighted by atomic mass is 35.5. The van der Waals surface area contributed by atoms with Crippen molar-refractivity contribution < 1.29 is 0 Å². The molecule has 3 rings (SSSR count). The lowest BCUT2D eigenvalue weighted by molar-refractivity contribution is 0.962. The number of rotatable bonds is 2. The van der Waals surface area contributed by atoms with Gasteiger partial charge in [0, 0.05) is 10.5 Å². The number of aromatic nitrogens is 2. The fourth-order valence-electron chi connectivity index (χ4n) is 2.43. The summed E-state index contributed by atoms with van der Waals surface area (Å²) in [6.07, 6.45) is 1.80. The predicted octanol–water partition coefficient (Wildman–Crippen LogP) is 3.70. The van der Waals surface area contributed by atoms with Crippen molar-refractivity contribution in [1.29, 1.82) is 10.5 Å². The summed E-state index contributed by atoms with van der Waals surface area (Å²) in [7, 11) is 0. The zero-order chi connectivity index (χ0) is 16.6. The summed E-state index contributed by atoms with van der Waals surface area (Å²) in [5.74, 6) is 0.212. The molecule has 7 heteroatoms. The maximum atomic E-state index is 9.51. The molecule has 2 heterocycles. The number of hydrogen-bond acceptors (Lipinski definition) is 5. The molecule has 0 radical (unpaired) electrons. The van der Waals surface area contributed by atoms with Crippen LogP contribution in [0.5, 0.6) is 0 Å². The van der Waals surface area contributed by atoms with Gasteiger partial charge in [0.05, 0.1) is 21.8 Å². The van der Waals surface area contributed by atoms with Crippen molar-refractivity contribution in [3.8, 4) is 23.4 Å². The second-order valence-electron chi connectivity index (χ2n) is 4.70. The first-order chi connectivity index (χ1) is 11.1. The highest BCUT2D eigenvalue weighted by Gasteiger charge is 2.20. The molecule has 0 fully saturated rings. The smallest absolute Gasteiger partial charge is 0.144 e. The van der Waals surface area contributed by atoms with E-state index in [0.29, 0.717) is 26.7 Å². The molecule has 5 nitrogen and oxygen atoms in total. The summed E-state index contributed by atoms with van der Waals surface area (Å²) in [5, 5.41) is 23.9. The van der Waals surface area contributed by atoms with Gasteiger partial charge in [-0.1, -0.05) is 29.8 Å². The standard InChI is InChI=1S/C16H10ClN5S/c1-23-15-10(7-18)14-6-13(9-4-2-3-5-12(9)17)21-22(14)16(20)11(15)8-19/h2-6H,20H2,1H3. The third kappa shape index (κ3) is 2.29. The van der Waals surface area contributed by atoms with Crippen LogP contribution in [-0.4, -0.2) is 15.9 Å². The number of nitrogen functional groups attached to an aromatic ring is 1. The fourth-order valence-corrected chi connectivity index (χ4v) is 3.37. The van der Waals surface area contributed by atoms with Gasteiger partial charge in [0.15, 0.2) is 0 Å². The molecule has 0 amide bonds. The van der Waals surface area contributed by atoms with E-state index in [4.69, 9.17) is 17.3 Å². The van der Waals surface area contributed by atoms with Crippen LogP contribution in [0.15, 0.2) is 35.2 Å². The van der Waals surface area contributed by atoms with Gasteiger partial charge in [0.2, 0.25) is 0 Å². The van der Waals surface area contributed by atoms with Crippen LogP contribution in [0.25, 0.3) is 16.8 Å². The van der Waals surface area contributed by atoms with Gasteiger partial charge in [-0.3, -0.25) is 0 Å². The average Bonchev–Trinajstić information content (AvgIpc) is 3.00. The molecule has 2 N–H and O–H groups in total. The van der Waals surface area contributed by atoms with E-state index in [9.17, 15) is 10.5 Å². The molecule has 2 aromatic heterocycles. The zero-order valence-electron chi connectivity index (χ0n) is 12.0. The Balaban J connectivity index is 2.42. The topological polar surface area (TPSA) is 90.9 Å². The number of nitrogens with two attached hydrogens (primary N) is 1. The third-order valence-corrected chi connectivity index (χ3v) is 4.63. The molecule has 0 aliphatic rings. The maximum absolute atomic E-state index is 9.51. The van der Waals surface area contributed by atoms with Crippen LogP contribution in [0.3, 0.4) is 0 Å². The molecule has 0 atom stereocenters. The van der Waals surface area contributed by atoms with Gasteiger partial charge < -0.3 is 5.73 Å². The maximum Gasteiger partial charge on any atom is 0.144 e. The minimum atomic E-state index is 0.212. The van der Waals surface area contributed by atoms with Crippen molar-refractivity contribution >= 4 is 34.7 Å². The summed E-state index contributed by atoms with van der Waals surface area (Å²) < 4.78 is 1.43. The normalized spacial score (nSPS) is 10.4. The summed E-state index contributed by atoms with van der Waals surface area (Å²) in [6, 6.07) is 13.3. The minimum absolute atomic E-state index is 0.212. The van der Waals surface area contributed by atoms with Crippen LogP contribution >= 0.6 is 23.4 Å². The molecule has 0 aliphatic carbocycles. The highest BCUT2D eigenvalue weighted by molar-refractivity contribution is 7.98. The number of benzene rings is 1. The highest BCUT2D eigenvalue weighted by Crippen LogP contribution is 2.35. The molecule has 0 aliphatic heterocycles. The Hall–Kier alpha value is -2.67. The lowest BCUT2D eigenvalue weighted by atomic mass is 10.1. The Kier molecular flexibility index (Phi) is 3.87. The Bertz CT molecular complexity index is 1010. The van der Waals surface area contributed by atoms with Gasteiger partial charge in [-0.05, 0) is 18.4 Å². The van der Waals surface area contributed by atoms with Crippen LogP contribution in [0.1, 0.15) is 11.1 Å². The molecule has 1 aromatic carbocycles. The monoisotopic (exact) mass is 339 g/mol. The first kappa shape index (κ1) is 15.2. The van der Waals surface area contributed by atoms with E-state index >= 15 is 0 Å². The Morgan fingerprint density at radius 2 is 1.91 bits per heavy atom. The quantitative estimate of drug-likeness (QED) is 0.719. The number of hydrogen-bond donors (Lipinski definition) is 1. The van der Waals surface area contributed by atoms with Crippen molar-refractivity contribution in [3.05, 3.63) is 46.5 Å². The van der Waals surface area contributed by atoms with Crippen molar-refractivity contribution in [2.24, 2.45) is 0 Å². The molecule has 0 unspecified atom stereocenters. The van der Waals surface area contributed by atoms with Crippen LogP contribution in [-0.2, 0) is 0 Å². The Morgan fingerprint density at radius 1 is 1.22 bits per heavy atom. The van der Waals surface area contributed by atoms with E-state index in [-0.39, 0.29) is 11.4 Å². The largest absolute Gasteiger partial charge is 0.382 e. The van der Waals surface area contributed by atoms with Gasteiger partial charge in [-0.2, -0.15) is 15.6 Å². The number of nitriles is 2. The van der Waals surface area contributed by atoms with Gasteiger partial charge in [0.25, 0.3) is 0 Å². The second kappa shape index (κ2) is 5.85. The van der Waals surface area contributed by atoms with E-state index in [0.717, 1.165) is 5.56 Å². The number of thioether (sulfide) groups is 1. The first-order valence-electron chi connectivity index (χ1n) is 6.56. The van der Waals surface area contributed by atoms with E-state index < -0.39 is 0 Å².